The van der Waals surface area contributed by atoms with Crippen molar-refractivity contribution in [1.82, 2.24) is 0 Å². The number of fused-ring (bicyclic) bond motifs is 1. The van der Waals surface area contributed by atoms with Crippen LogP contribution in [-0.4, -0.2) is 25.4 Å². The summed E-state index contributed by atoms with van der Waals surface area (Å²) in [5.41, 5.74) is 7.00. The molecular weight excluding hydrogens is 242 g/mol. The second-order valence-electron chi connectivity index (χ2n) is 5.42. The molecule has 1 unspecified atom stereocenters. The molecule has 0 aromatic heterocycles. The summed E-state index contributed by atoms with van der Waals surface area (Å²) < 4.78 is 16.8. The van der Waals surface area contributed by atoms with Gasteiger partial charge in [-0.15, -0.1) is 0 Å². The van der Waals surface area contributed by atoms with Crippen LogP contribution in [0.25, 0.3) is 0 Å². The third-order valence-electron chi connectivity index (χ3n) is 3.18. The quantitative estimate of drug-likeness (QED) is 0.832. The first-order chi connectivity index (χ1) is 9.02. The average molecular weight is 265 g/mol. The summed E-state index contributed by atoms with van der Waals surface area (Å²) in [7, 11) is 0. The number of hydrogen-bond donors (Lipinski definition) is 1. The molecule has 0 saturated carbocycles. The van der Waals surface area contributed by atoms with E-state index in [1.807, 2.05) is 25.1 Å². The Morgan fingerprint density at radius 2 is 2.16 bits per heavy atom. The lowest BCUT2D eigenvalue weighted by atomic mass is 9.90. The van der Waals surface area contributed by atoms with E-state index in [-0.39, 0.29) is 11.6 Å². The van der Waals surface area contributed by atoms with E-state index in [9.17, 15) is 0 Å². The van der Waals surface area contributed by atoms with Crippen LogP contribution >= 0.6 is 0 Å². The molecule has 0 radical (unpaired) electrons. The van der Waals surface area contributed by atoms with Crippen molar-refractivity contribution in [3.8, 4) is 11.5 Å². The van der Waals surface area contributed by atoms with Crippen molar-refractivity contribution in [1.29, 1.82) is 0 Å². The second-order valence-corrected chi connectivity index (χ2v) is 5.42. The first kappa shape index (κ1) is 14.2. The Hall–Kier alpha value is -1.26. The Balaban J connectivity index is 2.06. The normalized spacial score (nSPS) is 20.5. The molecule has 1 atom stereocenters. The van der Waals surface area contributed by atoms with Gasteiger partial charge < -0.3 is 19.9 Å². The summed E-state index contributed by atoms with van der Waals surface area (Å²) in [4.78, 5) is 0. The summed E-state index contributed by atoms with van der Waals surface area (Å²) in [6.07, 6.45) is 0.824. The SMILES string of the molecule is CCOCCOc1ccc2c(c1)OC(C)(C)CC2N. The van der Waals surface area contributed by atoms with Gasteiger partial charge in [0.25, 0.3) is 0 Å². The van der Waals surface area contributed by atoms with Crippen LogP contribution in [0.3, 0.4) is 0 Å². The second kappa shape index (κ2) is 5.80. The van der Waals surface area contributed by atoms with Gasteiger partial charge in [-0.1, -0.05) is 6.07 Å². The van der Waals surface area contributed by atoms with E-state index in [1.165, 1.54) is 0 Å². The molecule has 2 N–H and O–H groups in total. The lowest BCUT2D eigenvalue weighted by Crippen LogP contribution is -2.37. The highest BCUT2D eigenvalue weighted by atomic mass is 16.5. The number of nitrogens with two attached hydrogens (primary N) is 1. The molecule has 2 rings (SSSR count). The number of rotatable bonds is 5. The summed E-state index contributed by atoms with van der Waals surface area (Å²) in [6.45, 7) is 7.92. The maximum Gasteiger partial charge on any atom is 0.128 e. The van der Waals surface area contributed by atoms with Gasteiger partial charge in [-0.3, -0.25) is 0 Å². The molecule has 19 heavy (non-hydrogen) atoms. The van der Waals surface area contributed by atoms with Gasteiger partial charge in [0, 0.05) is 30.7 Å². The standard InChI is InChI=1S/C15H23NO3/c1-4-17-7-8-18-11-5-6-12-13(16)10-15(2,3)19-14(12)9-11/h5-6,9,13H,4,7-8,10,16H2,1-3H3. The van der Waals surface area contributed by atoms with Crippen LogP contribution in [0, 0.1) is 0 Å². The predicted octanol–water partition coefficient (Wildman–Crippen LogP) is 2.66. The molecule has 1 heterocycles. The van der Waals surface area contributed by atoms with E-state index >= 15 is 0 Å². The van der Waals surface area contributed by atoms with Crippen LogP contribution < -0.4 is 15.2 Å². The molecular formula is C15H23NO3. The zero-order valence-electron chi connectivity index (χ0n) is 11.9. The average Bonchev–Trinajstić information content (AvgIpc) is 2.32. The van der Waals surface area contributed by atoms with Crippen molar-refractivity contribution in [2.75, 3.05) is 19.8 Å². The molecule has 0 spiro atoms. The minimum absolute atomic E-state index is 0.0243. The molecule has 1 aromatic rings. The summed E-state index contributed by atoms with van der Waals surface area (Å²) >= 11 is 0. The molecule has 4 nitrogen and oxygen atoms in total. The predicted molar refractivity (Wildman–Crippen MR) is 74.7 cm³/mol. The van der Waals surface area contributed by atoms with Gasteiger partial charge in [-0.05, 0) is 26.8 Å². The van der Waals surface area contributed by atoms with Crippen LogP contribution in [0.15, 0.2) is 18.2 Å². The molecule has 0 fully saturated rings. The van der Waals surface area contributed by atoms with E-state index in [0.29, 0.717) is 19.8 Å². The lowest BCUT2D eigenvalue weighted by Gasteiger charge is -2.36. The molecule has 106 valence electrons. The molecule has 1 aliphatic rings. The Kier molecular flexibility index (Phi) is 4.32. The number of ether oxygens (including phenoxy) is 3. The molecule has 0 aliphatic carbocycles. The minimum atomic E-state index is -0.226. The van der Waals surface area contributed by atoms with Gasteiger partial charge in [-0.25, -0.2) is 0 Å². The van der Waals surface area contributed by atoms with Gasteiger partial charge >= 0.3 is 0 Å². The first-order valence-corrected chi connectivity index (χ1v) is 6.81. The minimum Gasteiger partial charge on any atom is -0.491 e. The van der Waals surface area contributed by atoms with Crippen molar-refractivity contribution in [2.45, 2.75) is 38.8 Å². The topological polar surface area (TPSA) is 53.7 Å². The van der Waals surface area contributed by atoms with Gasteiger partial charge in [0.2, 0.25) is 0 Å². The molecule has 0 bridgehead atoms. The maximum absolute atomic E-state index is 6.17. The lowest BCUT2D eigenvalue weighted by molar-refractivity contribution is 0.0719. The molecule has 1 aromatic carbocycles. The monoisotopic (exact) mass is 265 g/mol. The third kappa shape index (κ3) is 3.61. The van der Waals surface area contributed by atoms with Crippen LogP contribution in [0.4, 0.5) is 0 Å². The van der Waals surface area contributed by atoms with Gasteiger partial charge in [-0.2, -0.15) is 0 Å². The Morgan fingerprint density at radius 3 is 2.89 bits per heavy atom. The van der Waals surface area contributed by atoms with Crippen molar-refractivity contribution in [3.05, 3.63) is 23.8 Å². The summed E-state index contributed by atoms with van der Waals surface area (Å²) in [5.74, 6) is 1.63. The van der Waals surface area contributed by atoms with Gasteiger partial charge in [0.1, 0.15) is 23.7 Å². The highest BCUT2D eigenvalue weighted by molar-refractivity contribution is 5.44. The van der Waals surface area contributed by atoms with Crippen LogP contribution in [0.1, 0.15) is 38.8 Å². The fraction of sp³-hybridized carbons (Fsp3) is 0.600. The number of hydrogen-bond acceptors (Lipinski definition) is 4. The fourth-order valence-electron chi connectivity index (χ4n) is 2.34. The van der Waals surface area contributed by atoms with Crippen LogP contribution in [0.2, 0.25) is 0 Å². The summed E-state index contributed by atoms with van der Waals surface area (Å²) in [6, 6.07) is 5.87. The van der Waals surface area contributed by atoms with Crippen molar-refractivity contribution in [3.63, 3.8) is 0 Å². The van der Waals surface area contributed by atoms with Crippen molar-refractivity contribution >= 4 is 0 Å². The van der Waals surface area contributed by atoms with E-state index in [1.54, 1.807) is 0 Å². The fourth-order valence-corrected chi connectivity index (χ4v) is 2.34. The Labute approximate surface area is 114 Å². The van der Waals surface area contributed by atoms with E-state index in [4.69, 9.17) is 19.9 Å². The zero-order chi connectivity index (χ0) is 13.9. The van der Waals surface area contributed by atoms with Gasteiger partial charge in [0.15, 0.2) is 0 Å². The van der Waals surface area contributed by atoms with E-state index < -0.39 is 0 Å². The van der Waals surface area contributed by atoms with Gasteiger partial charge in [0.05, 0.1) is 6.61 Å². The summed E-state index contributed by atoms with van der Waals surface area (Å²) in [5, 5.41) is 0. The molecule has 0 amide bonds. The Morgan fingerprint density at radius 1 is 1.37 bits per heavy atom. The maximum atomic E-state index is 6.17. The van der Waals surface area contributed by atoms with E-state index in [0.717, 1.165) is 23.5 Å². The molecule has 1 aliphatic heterocycles. The van der Waals surface area contributed by atoms with Crippen molar-refractivity contribution < 1.29 is 14.2 Å². The molecule has 4 heteroatoms. The number of benzene rings is 1. The molecule has 0 saturated heterocycles. The van der Waals surface area contributed by atoms with Crippen molar-refractivity contribution in [2.24, 2.45) is 5.73 Å². The van der Waals surface area contributed by atoms with E-state index in [2.05, 4.69) is 13.8 Å². The van der Waals surface area contributed by atoms with Crippen LogP contribution in [-0.2, 0) is 4.74 Å². The highest BCUT2D eigenvalue weighted by Gasteiger charge is 2.31. The van der Waals surface area contributed by atoms with Crippen LogP contribution in [0.5, 0.6) is 11.5 Å². The smallest absolute Gasteiger partial charge is 0.128 e. The Bertz CT molecular complexity index is 431. The third-order valence-corrected chi connectivity index (χ3v) is 3.18. The first-order valence-electron chi connectivity index (χ1n) is 6.81. The highest BCUT2D eigenvalue weighted by Crippen LogP contribution is 2.39. The zero-order valence-corrected chi connectivity index (χ0v) is 11.9. The largest absolute Gasteiger partial charge is 0.491 e.